The molecule has 0 aliphatic rings. The summed E-state index contributed by atoms with van der Waals surface area (Å²) in [6, 6.07) is 21.8. The van der Waals surface area contributed by atoms with E-state index >= 15 is 0 Å². The number of fused-ring (bicyclic) bond motifs is 1. The van der Waals surface area contributed by atoms with Gasteiger partial charge < -0.3 is 21.7 Å². The van der Waals surface area contributed by atoms with Crippen LogP contribution < -0.4 is 21.7 Å². The molecule has 0 fully saturated rings. The summed E-state index contributed by atoms with van der Waals surface area (Å²) in [5, 5.41) is 10.6. The Balaban J connectivity index is 0.00000432. The van der Waals surface area contributed by atoms with Crippen molar-refractivity contribution in [3.8, 4) is 0 Å². The van der Waals surface area contributed by atoms with E-state index < -0.39 is 17.5 Å². The highest BCUT2D eigenvalue weighted by molar-refractivity contribution is 6.00. The molecule has 3 aromatic carbocycles. The summed E-state index contributed by atoms with van der Waals surface area (Å²) in [6.45, 7) is 4.11. The van der Waals surface area contributed by atoms with Crippen LogP contribution in [0.25, 0.3) is 10.8 Å². The number of carbonyl (C=O) groups is 3. The van der Waals surface area contributed by atoms with Crippen molar-refractivity contribution < 1.29 is 14.4 Å². The number of hydrogen-bond donors (Lipinski definition) is 4. The van der Waals surface area contributed by atoms with Gasteiger partial charge >= 0.3 is 0 Å². The molecule has 0 aliphatic carbocycles. The van der Waals surface area contributed by atoms with Gasteiger partial charge in [0, 0.05) is 18.5 Å². The van der Waals surface area contributed by atoms with Crippen molar-refractivity contribution in [2.45, 2.75) is 38.3 Å². The molecule has 5 N–H and O–H groups in total. The molecular formula is C27H33ClN4O3. The molecule has 35 heavy (non-hydrogen) atoms. The zero-order chi connectivity index (χ0) is 24.6. The minimum atomic E-state index is -1.23. The van der Waals surface area contributed by atoms with Crippen LogP contribution >= 0.6 is 12.4 Å². The molecule has 0 heterocycles. The minimum absolute atomic E-state index is 0. The van der Waals surface area contributed by atoms with Gasteiger partial charge in [0.05, 0.1) is 0 Å². The first-order valence-electron chi connectivity index (χ1n) is 11.4. The molecule has 0 spiro atoms. The first-order valence-corrected chi connectivity index (χ1v) is 11.4. The zero-order valence-corrected chi connectivity index (χ0v) is 20.9. The highest BCUT2D eigenvalue weighted by Crippen LogP contribution is 2.17. The maximum atomic E-state index is 13.2. The van der Waals surface area contributed by atoms with E-state index in [1.165, 1.54) is 0 Å². The Bertz CT molecular complexity index is 1150. The van der Waals surface area contributed by atoms with Crippen LogP contribution in [0.3, 0.4) is 0 Å². The van der Waals surface area contributed by atoms with E-state index in [9.17, 15) is 14.4 Å². The molecule has 7 nitrogen and oxygen atoms in total. The minimum Gasteiger partial charge on any atom is -0.354 e. The molecule has 0 unspecified atom stereocenters. The van der Waals surface area contributed by atoms with Crippen LogP contribution in [0.2, 0.25) is 0 Å². The molecule has 3 rings (SSSR count). The molecule has 0 saturated heterocycles. The second-order valence-electron chi connectivity index (χ2n) is 8.79. The summed E-state index contributed by atoms with van der Waals surface area (Å²) < 4.78 is 0. The van der Waals surface area contributed by atoms with Crippen molar-refractivity contribution in [3.63, 3.8) is 0 Å². The first-order chi connectivity index (χ1) is 16.3. The summed E-state index contributed by atoms with van der Waals surface area (Å²) in [5.41, 5.74) is 5.68. The van der Waals surface area contributed by atoms with Gasteiger partial charge in [-0.3, -0.25) is 14.4 Å². The fourth-order valence-corrected chi connectivity index (χ4v) is 3.59. The smallest absolute Gasteiger partial charge is 0.252 e. The van der Waals surface area contributed by atoms with Gasteiger partial charge in [0.15, 0.2) is 0 Å². The largest absolute Gasteiger partial charge is 0.354 e. The summed E-state index contributed by atoms with van der Waals surface area (Å²) in [5.74, 6) is -1.10. The molecule has 186 valence electrons. The van der Waals surface area contributed by atoms with Crippen LogP contribution in [-0.2, 0) is 16.0 Å². The van der Waals surface area contributed by atoms with E-state index in [4.69, 9.17) is 5.73 Å². The molecule has 0 aliphatic heterocycles. The Kier molecular flexibility index (Phi) is 10.2. The van der Waals surface area contributed by atoms with Crippen molar-refractivity contribution in [2.24, 2.45) is 5.73 Å². The predicted molar refractivity (Wildman–Crippen MR) is 141 cm³/mol. The van der Waals surface area contributed by atoms with Gasteiger partial charge in [0.1, 0.15) is 11.6 Å². The fraction of sp³-hybridized carbons (Fsp3) is 0.296. The maximum Gasteiger partial charge on any atom is 0.252 e. The third-order valence-electron chi connectivity index (χ3n) is 5.59. The van der Waals surface area contributed by atoms with Crippen LogP contribution in [0.4, 0.5) is 0 Å². The quantitative estimate of drug-likeness (QED) is 0.323. The number of halogens is 1. The van der Waals surface area contributed by atoms with Crippen molar-refractivity contribution in [2.75, 3.05) is 13.1 Å². The van der Waals surface area contributed by atoms with Gasteiger partial charge in [-0.15, -0.1) is 12.4 Å². The second-order valence-corrected chi connectivity index (χ2v) is 8.79. The first kappa shape index (κ1) is 27.8. The van der Waals surface area contributed by atoms with Gasteiger partial charge in [0.2, 0.25) is 11.8 Å². The Morgan fingerprint density at radius 1 is 0.914 bits per heavy atom. The van der Waals surface area contributed by atoms with Crippen LogP contribution in [0.15, 0.2) is 72.8 Å². The highest BCUT2D eigenvalue weighted by atomic mass is 35.5. The van der Waals surface area contributed by atoms with E-state index in [1.54, 1.807) is 38.1 Å². The highest BCUT2D eigenvalue weighted by Gasteiger charge is 2.33. The zero-order valence-electron chi connectivity index (χ0n) is 20.0. The number of carbonyl (C=O) groups excluding carboxylic acids is 3. The standard InChI is InChI=1S/C27H32N4O3.ClH/c1-27(2,31-24(32)21-10-4-3-5-11-21)26(34)30-23(25(33)29-16-8-15-28)18-19-13-14-20-9-6-7-12-22(20)17-19;/h3-7,9-14,17,23H,8,15-16,18,28H2,1-2H3,(H,29,33)(H,30,34)(H,31,32);1H/t23-;/m1./s1. The number of nitrogens with two attached hydrogens (primary N) is 1. The molecular weight excluding hydrogens is 464 g/mol. The summed E-state index contributed by atoms with van der Waals surface area (Å²) in [6.07, 6.45) is 0.953. The maximum absolute atomic E-state index is 13.2. The van der Waals surface area contributed by atoms with Crippen LogP contribution in [0.1, 0.15) is 36.2 Å². The molecule has 0 saturated carbocycles. The van der Waals surface area contributed by atoms with Crippen molar-refractivity contribution in [3.05, 3.63) is 83.9 Å². The molecule has 1 atom stereocenters. The van der Waals surface area contributed by atoms with Crippen LogP contribution in [-0.4, -0.2) is 42.4 Å². The summed E-state index contributed by atoms with van der Waals surface area (Å²) in [7, 11) is 0. The Hall–Kier alpha value is -3.42. The van der Waals surface area contributed by atoms with Gasteiger partial charge in [-0.25, -0.2) is 0 Å². The van der Waals surface area contributed by atoms with Crippen molar-refractivity contribution >= 4 is 40.9 Å². The average Bonchev–Trinajstić information content (AvgIpc) is 2.83. The molecule has 0 bridgehead atoms. The van der Waals surface area contributed by atoms with E-state index in [0.717, 1.165) is 16.3 Å². The SMILES string of the molecule is CC(C)(NC(=O)c1ccccc1)C(=O)N[C@H](Cc1ccc2ccccc2c1)C(=O)NCCCN.Cl. The van der Waals surface area contributed by atoms with E-state index in [-0.39, 0.29) is 24.2 Å². The lowest BCUT2D eigenvalue weighted by Crippen LogP contribution is -2.59. The lowest BCUT2D eigenvalue weighted by molar-refractivity contribution is -0.131. The average molecular weight is 497 g/mol. The normalized spacial score (nSPS) is 11.7. The Labute approximate surface area is 212 Å². The van der Waals surface area contributed by atoms with Gasteiger partial charge in [-0.1, -0.05) is 60.7 Å². The second kappa shape index (κ2) is 12.9. The van der Waals surface area contributed by atoms with Crippen molar-refractivity contribution in [1.29, 1.82) is 0 Å². The number of amides is 3. The summed E-state index contributed by atoms with van der Waals surface area (Å²) >= 11 is 0. The molecule has 8 heteroatoms. The Morgan fingerprint density at radius 2 is 1.57 bits per heavy atom. The fourth-order valence-electron chi connectivity index (χ4n) is 3.59. The molecule has 3 amide bonds. The van der Waals surface area contributed by atoms with E-state index in [0.29, 0.717) is 31.5 Å². The third kappa shape index (κ3) is 7.80. The van der Waals surface area contributed by atoms with E-state index in [2.05, 4.69) is 16.0 Å². The van der Waals surface area contributed by atoms with Gasteiger partial charge in [-0.05, 0) is 55.3 Å². The number of hydrogen-bond acceptors (Lipinski definition) is 4. The van der Waals surface area contributed by atoms with Gasteiger partial charge in [0.25, 0.3) is 5.91 Å². The Morgan fingerprint density at radius 3 is 2.26 bits per heavy atom. The third-order valence-corrected chi connectivity index (χ3v) is 5.59. The van der Waals surface area contributed by atoms with E-state index in [1.807, 2.05) is 48.5 Å². The van der Waals surface area contributed by atoms with Gasteiger partial charge in [-0.2, -0.15) is 0 Å². The topological polar surface area (TPSA) is 113 Å². The lowest BCUT2D eigenvalue weighted by Gasteiger charge is -2.28. The number of benzene rings is 3. The van der Waals surface area contributed by atoms with Crippen LogP contribution in [0.5, 0.6) is 0 Å². The number of rotatable bonds is 10. The predicted octanol–water partition coefficient (Wildman–Crippen LogP) is 2.96. The number of nitrogens with one attached hydrogen (secondary N) is 3. The van der Waals surface area contributed by atoms with Crippen LogP contribution in [0, 0.1) is 0 Å². The molecule has 0 aromatic heterocycles. The lowest BCUT2D eigenvalue weighted by atomic mass is 9.98. The molecule has 0 radical (unpaired) electrons. The summed E-state index contributed by atoms with van der Waals surface area (Å²) in [4.78, 5) is 38.7. The monoisotopic (exact) mass is 496 g/mol. The van der Waals surface area contributed by atoms with Crippen molar-refractivity contribution in [1.82, 2.24) is 16.0 Å². The molecule has 3 aromatic rings.